The molecule has 2 rings (SSSR count). The predicted octanol–water partition coefficient (Wildman–Crippen LogP) is 3.96. The highest BCUT2D eigenvalue weighted by Gasteiger charge is 2.07. The van der Waals surface area contributed by atoms with E-state index in [1.165, 1.54) is 17.8 Å². The average Bonchev–Trinajstić information content (AvgIpc) is 2.46. The molecule has 3 nitrogen and oxygen atoms in total. The van der Waals surface area contributed by atoms with E-state index in [9.17, 15) is 4.79 Å². The van der Waals surface area contributed by atoms with Crippen molar-refractivity contribution in [3.05, 3.63) is 53.7 Å². The Morgan fingerprint density at radius 3 is 2.53 bits per heavy atom. The molecule has 1 heterocycles. The van der Waals surface area contributed by atoms with Crippen LogP contribution in [0.4, 0.5) is 0 Å². The topological polar surface area (TPSA) is 50.2 Å². The van der Waals surface area contributed by atoms with Crippen LogP contribution in [0.2, 0.25) is 0 Å². The van der Waals surface area contributed by atoms with Crippen LogP contribution < -0.4 is 0 Å². The molecule has 3 heteroatoms. The van der Waals surface area contributed by atoms with Gasteiger partial charge in [0.15, 0.2) is 0 Å². The highest BCUT2D eigenvalue weighted by Crippen LogP contribution is 2.23. The number of pyridine rings is 1. The molecule has 1 aromatic heterocycles. The zero-order chi connectivity index (χ0) is 13.8. The fourth-order valence-corrected chi connectivity index (χ4v) is 1.94. The lowest BCUT2D eigenvalue weighted by Crippen LogP contribution is -1.97. The van der Waals surface area contributed by atoms with Gasteiger partial charge < -0.3 is 5.11 Å². The second-order valence-corrected chi connectivity index (χ2v) is 4.67. The van der Waals surface area contributed by atoms with Gasteiger partial charge in [-0.2, -0.15) is 0 Å². The maximum atomic E-state index is 10.9. The van der Waals surface area contributed by atoms with Crippen molar-refractivity contribution in [3.63, 3.8) is 0 Å². The molecule has 0 radical (unpaired) electrons. The minimum Gasteiger partial charge on any atom is -0.478 e. The summed E-state index contributed by atoms with van der Waals surface area (Å²) in [6, 6.07) is 11.3. The highest BCUT2D eigenvalue weighted by molar-refractivity contribution is 5.88. The Balaban J connectivity index is 2.32. The van der Waals surface area contributed by atoms with Crippen molar-refractivity contribution in [1.29, 1.82) is 0 Å². The minimum absolute atomic E-state index is 0.260. The van der Waals surface area contributed by atoms with Crippen LogP contribution in [0.1, 0.15) is 42.1 Å². The number of hydrogen-bond acceptors (Lipinski definition) is 2. The molecule has 1 aromatic carbocycles. The molecule has 1 unspecified atom stereocenters. The molecule has 0 saturated carbocycles. The van der Waals surface area contributed by atoms with Crippen LogP contribution in [0, 0.1) is 0 Å². The fraction of sp³-hybridized carbons (Fsp3) is 0.250. The Hall–Kier alpha value is -2.16. The van der Waals surface area contributed by atoms with Gasteiger partial charge in [0.1, 0.15) is 0 Å². The van der Waals surface area contributed by atoms with Gasteiger partial charge in [-0.1, -0.05) is 38.1 Å². The number of carboxylic acids is 1. The third-order valence-corrected chi connectivity index (χ3v) is 3.39. The number of aromatic nitrogens is 1. The molecule has 0 amide bonds. The lowest BCUT2D eigenvalue weighted by Gasteiger charge is -2.09. The molecular weight excluding hydrogens is 238 g/mol. The predicted molar refractivity (Wildman–Crippen MR) is 75.3 cm³/mol. The van der Waals surface area contributed by atoms with Crippen LogP contribution in [0.25, 0.3) is 11.3 Å². The molecule has 0 aliphatic rings. The fourth-order valence-electron chi connectivity index (χ4n) is 1.94. The second kappa shape index (κ2) is 5.65. The first-order chi connectivity index (χ1) is 9.11. The van der Waals surface area contributed by atoms with Gasteiger partial charge in [0, 0.05) is 11.8 Å². The van der Waals surface area contributed by atoms with Crippen LogP contribution in [-0.2, 0) is 0 Å². The van der Waals surface area contributed by atoms with Crippen LogP contribution in [0.3, 0.4) is 0 Å². The number of carbonyl (C=O) groups is 1. The van der Waals surface area contributed by atoms with Crippen LogP contribution >= 0.6 is 0 Å². The van der Waals surface area contributed by atoms with Crippen molar-refractivity contribution in [2.24, 2.45) is 0 Å². The largest absolute Gasteiger partial charge is 0.478 e. The zero-order valence-corrected chi connectivity index (χ0v) is 11.1. The molecule has 98 valence electrons. The molecule has 0 aliphatic heterocycles. The Kier molecular flexibility index (Phi) is 3.95. The van der Waals surface area contributed by atoms with Crippen LogP contribution in [0.15, 0.2) is 42.6 Å². The van der Waals surface area contributed by atoms with E-state index < -0.39 is 5.97 Å². The van der Waals surface area contributed by atoms with Gasteiger partial charge in [0.05, 0.1) is 11.3 Å². The summed E-state index contributed by atoms with van der Waals surface area (Å²) < 4.78 is 0. The van der Waals surface area contributed by atoms with Gasteiger partial charge >= 0.3 is 5.97 Å². The van der Waals surface area contributed by atoms with E-state index in [4.69, 9.17) is 5.11 Å². The Morgan fingerprint density at radius 1 is 1.26 bits per heavy atom. The third-order valence-electron chi connectivity index (χ3n) is 3.39. The number of hydrogen-bond donors (Lipinski definition) is 1. The van der Waals surface area contributed by atoms with Gasteiger partial charge in [0.25, 0.3) is 0 Å². The van der Waals surface area contributed by atoms with Crippen LogP contribution in [0.5, 0.6) is 0 Å². The molecule has 1 N–H and O–H groups in total. The number of aromatic carboxylic acids is 1. The molecular formula is C16H17NO2. The molecule has 0 aliphatic carbocycles. The summed E-state index contributed by atoms with van der Waals surface area (Å²) in [5, 5.41) is 8.98. The molecule has 0 bridgehead atoms. The lowest BCUT2D eigenvalue weighted by molar-refractivity contribution is 0.0697. The molecule has 19 heavy (non-hydrogen) atoms. The molecule has 0 fully saturated rings. The normalized spacial score (nSPS) is 12.1. The number of nitrogens with zero attached hydrogens (tertiary/aromatic N) is 1. The monoisotopic (exact) mass is 255 g/mol. The van der Waals surface area contributed by atoms with E-state index in [0.29, 0.717) is 11.6 Å². The van der Waals surface area contributed by atoms with Crippen molar-refractivity contribution in [3.8, 4) is 11.3 Å². The summed E-state index contributed by atoms with van der Waals surface area (Å²) >= 11 is 0. The standard InChI is InChI=1S/C16H17NO2/c1-3-11(2)12-4-6-13(7-5-12)15-10-14(16(18)19)8-9-17-15/h4-11H,3H2,1-2H3,(H,18,19). The van der Waals surface area contributed by atoms with E-state index in [0.717, 1.165) is 12.0 Å². The SMILES string of the molecule is CCC(C)c1ccc(-c2cc(C(=O)O)ccn2)cc1. The number of carboxylic acid groups (broad SMARTS) is 1. The maximum absolute atomic E-state index is 10.9. The summed E-state index contributed by atoms with van der Waals surface area (Å²) in [7, 11) is 0. The number of rotatable bonds is 4. The van der Waals surface area contributed by atoms with E-state index in [1.807, 2.05) is 12.1 Å². The first-order valence-electron chi connectivity index (χ1n) is 6.41. The Bertz CT molecular complexity index is 576. The summed E-state index contributed by atoms with van der Waals surface area (Å²) in [4.78, 5) is 15.2. The summed E-state index contributed by atoms with van der Waals surface area (Å²) in [5.74, 6) is -0.396. The van der Waals surface area contributed by atoms with E-state index in [2.05, 4.69) is 31.0 Å². The maximum Gasteiger partial charge on any atom is 0.335 e. The third kappa shape index (κ3) is 2.99. The van der Waals surface area contributed by atoms with Gasteiger partial charge in [-0.25, -0.2) is 4.79 Å². The minimum atomic E-state index is -0.931. The van der Waals surface area contributed by atoms with Gasteiger partial charge in [-0.15, -0.1) is 0 Å². The summed E-state index contributed by atoms with van der Waals surface area (Å²) in [6.45, 7) is 4.36. The molecule has 0 saturated heterocycles. The van der Waals surface area contributed by atoms with Crippen molar-refractivity contribution in [1.82, 2.24) is 4.98 Å². The molecule has 1 atom stereocenters. The van der Waals surface area contributed by atoms with Crippen molar-refractivity contribution < 1.29 is 9.90 Å². The van der Waals surface area contributed by atoms with Gasteiger partial charge in [-0.3, -0.25) is 4.98 Å². The van der Waals surface area contributed by atoms with Crippen molar-refractivity contribution in [2.45, 2.75) is 26.2 Å². The molecule has 2 aromatic rings. The number of benzene rings is 1. The van der Waals surface area contributed by atoms with Gasteiger partial charge in [-0.05, 0) is 30.0 Å². The van der Waals surface area contributed by atoms with E-state index in [-0.39, 0.29) is 5.56 Å². The van der Waals surface area contributed by atoms with E-state index in [1.54, 1.807) is 6.07 Å². The quantitative estimate of drug-likeness (QED) is 0.899. The Labute approximate surface area is 112 Å². The summed E-state index contributed by atoms with van der Waals surface area (Å²) in [6.07, 6.45) is 2.63. The smallest absolute Gasteiger partial charge is 0.335 e. The highest BCUT2D eigenvalue weighted by atomic mass is 16.4. The van der Waals surface area contributed by atoms with Crippen molar-refractivity contribution in [2.75, 3.05) is 0 Å². The van der Waals surface area contributed by atoms with E-state index >= 15 is 0 Å². The average molecular weight is 255 g/mol. The van der Waals surface area contributed by atoms with Crippen molar-refractivity contribution >= 4 is 5.97 Å². The Morgan fingerprint density at radius 2 is 1.95 bits per heavy atom. The summed E-state index contributed by atoms with van der Waals surface area (Å²) in [5.41, 5.74) is 3.18. The first kappa shape index (κ1) is 13.3. The lowest BCUT2D eigenvalue weighted by atomic mass is 9.97. The first-order valence-corrected chi connectivity index (χ1v) is 6.41. The van der Waals surface area contributed by atoms with Gasteiger partial charge in [0.2, 0.25) is 0 Å². The zero-order valence-electron chi connectivity index (χ0n) is 11.1. The second-order valence-electron chi connectivity index (χ2n) is 4.67. The van der Waals surface area contributed by atoms with Crippen LogP contribution in [-0.4, -0.2) is 16.1 Å². The molecule has 0 spiro atoms.